The van der Waals surface area contributed by atoms with Gasteiger partial charge >= 0.3 is 0 Å². The van der Waals surface area contributed by atoms with E-state index in [9.17, 15) is 8.42 Å². The summed E-state index contributed by atoms with van der Waals surface area (Å²) in [7, 11) is -3.65. The molecule has 0 unspecified atom stereocenters. The number of benzene rings is 4. The summed E-state index contributed by atoms with van der Waals surface area (Å²) < 4.78 is 36.9. The number of unbranched alkanes of at least 4 members (excludes halogenated alkanes) is 2. The molecule has 2 fully saturated rings. The Morgan fingerprint density at radius 3 is 1.95 bits per heavy atom. The van der Waals surface area contributed by atoms with Gasteiger partial charge in [0.05, 0.1) is 10.1 Å². The lowest BCUT2D eigenvalue weighted by molar-refractivity contribution is -0.0868. The molecule has 4 aromatic rings. The highest BCUT2D eigenvalue weighted by Crippen LogP contribution is 2.87. The van der Waals surface area contributed by atoms with Crippen molar-refractivity contribution in [1.29, 1.82) is 0 Å². The van der Waals surface area contributed by atoms with Crippen LogP contribution in [0.15, 0.2) is 114 Å². The fraction of sp³-hybridized carbons (Fsp3) is 0.314. The summed E-state index contributed by atoms with van der Waals surface area (Å²) >= 11 is 0. The van der Waals surface area contributed by atoms with E-state index in [-0.39, 0.29) is 5.92 Å². The molecule has 0 N–H and O–H groups in total. The maximum atomic E-state index is 14.7. The van der Waals surface area contributed by atoms with Gasteiger partial charge in [0.25, 0.3) is 0 Å². The van der Waals surface area contributed by atoms with Gasteiger partial charge in [0.1, 0.15) is 11.2 Å². The Morgan fingerprint density at radius 1 is 0.718 bits per heavy atom. The largest absolute Gasteiger partial charge is 0.349 e. The summed E-state index contributed by atoms with van der Waals surface area (Å²) in [4.78, 5) is 0.414. The Bertz CT molecular complexity index is 1630. The molecule has 1 aliphatic carbocycles. The Hall–Kier alpha value is -3.21. The van der Waals surface area contributed by atoms with E-state index in [4.69, 9.17) is 4.74 Å². The van der Waals surface area contributed by atoms with E-state index in [2.05, 4.69) is 67.6 Å². The highest BCUT2D eigenvalue weighted by molar-refractivity contribution is 7.92. The zero-order valence-corrected chi connectivity index (χ0v) is 23.3. The second-order valence-corrected chi connectivity index (χ2v) is 13.6. The van der Waals surface area contributed by atoms with Crippen LogP contribution in [0.4, 0.5) is 0 Å². The summed E-state index contributed by atoms with van der Waals surface area (Å²) in [5, 5.41) is -0.550. The van der Waals surface area contributed by atoms with Gasteiger partial charge in [-0.05, 0) is 47.7 Å². The van der Waals surface area contributed by atoms with Crippen LogP contribution in [0.5, 0.6) is 0 Å². The van der Waals surface area contributed by atoms with Crippen molar-refractivity contribution in [2.45, 2.75) is 60.9 Å². The van der Waals surface area contributed by atoms with Crippen molar-refractivity contribution >= 4 is 9.84 Å². The zero-order valence-electron chi connectivity index (χ0n) is 22.5. The average molecular weight is 535 g/mol. The van der Waals surface area contributed by atoms with Crippen LogP contribution in [0.3, 0.4) is 0 Å². The molecule has 4 aromatic carbocycles. The normalized spacial score (nSPS) is 30.1. The van der Waals surface area contributed by atoms with Crippen molar-refractivity contribution in [2.75, 3.05) is 0 Å². The Labute approximate surface area is 231 Å². The van der Waals surface area contributed by atoms with Gasteiger partial charge in [0.15, 0.2) is 9.84 Å². The first-order valence-corrected chi connectivity index (χ1v) is 15.7. The SMILES string of the molecule is CCCCC[C@]12[C@H]([C@@H]1S(=O)(=O)c1ccc(C)cc1)[C@]1(c3ccccc3)O[C@@]2(c2ccccc2)c2ccccc21. The fourth-order valence-corrected chi connectivity index (χ4v) is 10.7. The first-order chi connectivity index (χ1) is 18.9. The van der Waals surface area contributed by atoms with Crippen LogP contribution < -0.4 is 0 Å². The molecule has 198 valence electrons. The van der Waals surface area contributed by atoms with Crippen molar-refractivity contribution in [3.05, 3.63) is 137 Å². The van der Waals surface area contributed by atoms with Gasteiger partial charge in [-0.1, -0.05) is 129 Å². The van der Waals surface area contributed by atoms with Crippen molar-refractivity contribution in [2.24, 2.45) is 11.3 Å². The topological polar surface area (TPSA) is 43.4 Å². The van der Waals surface area contributed by atoms with E-state index in [1.165, 1.54) is 0 Å². The predicted octanol–water partition coefficient (Wildman–Crippen LogP) is 7.57. The molecular weight excluding hydrogens is 500 g/mol. The molecule has 7 rings (SSSR count). The molecule has 2 heterocycles. The van der Waals surface area contributed by atoms with E-state index in [0.29, 0.717) is 4.90 Å². The molecule has 0 radical (unpaired) electrons. The molecule has 0 amide bonds. The second-order valence-electron chi connectivity index (χ2n) is 11.6. The lowest BCUT2D eigenvalue weighted by atomic mass is 9.64. The van der Waals surface area contributed by atoms with E-state index in [1.807, 2.05) is 43.3 Å². The Kier molecular flexibility index (Phi) is 5.50. The van der Waals surface area contributed by atoms with Crippen LogP contribution in [0, 0.1) is 18.3 Å². The Morgan fingerprint density at radius 2 is 1.31 bits per heavy atom. The average Bonchev–Trinajstić information content (AvgIpc) is 3.49. The van der Waals surface area contributed by atoms with Crippen molar-refractivity contribution in [3.8, 4) is 0 Å². The third-order valence-electron chi connectivity index (χ3n) is 9.63. The number of hydrogen-bond donors (Lipinski definition) is 0. The van der Waals surface area contributed by atoms with Gasteiger partial charge in [-0.2, -0.15) is 0 Å². The van der Waals surface area contributed by atoms with Gasteiger partial charge in [0, 0.05) is 11.3 Å². The van der Waals surface area contributed by atoms with E-state index in [0.717, 1.165) is 53.5 Å². The maximum Gasteiger partial charge on any atom is 0.182 e. The minimum Gasteiger partial charge on any atom is -0.349 e. The maximum absolute atomic E-state index is 14.7. The number of sulfone groups is 1. The molecule has 39 heavy (non-hydrogen) atoms. The summed E-state index contributed by atoms with van der Waals surface area (Å²) in [5.74, 6) is -0.189. The first kappa shape index (κ1) is 24.8. The molecule has 3 aliphatic rings. The van der Waals surface area contributed by atoms with Gasteiger partial charge < -0.3 is 4.74 Å². The number of fused-ring (bicyclic) bond motifs is 8. The first-order valence-electron chi connectivity index (χ1n) is 14.2. The van der Waals surface area contributed by atoms with Gasteiger partial charge in [-0.3, -0.25) is 0 Å². The summed E-state index contributed by atoms with van der Waals surface area (Å²) in [6.07, 6.45) is 3.92. The van der Waals surface area contributed by atoms with Crippen molar-refractivity contribution in [1.82, 2.24) is 0 Å². The lowest BCUT2D eigenvalue weighted by Gasteiger charge is -2.38. The third-order valence-corrected chi connectivity index (χ3v) is 11.9. The number of hydrogen-bond acceptors (Lipinski definition) is 3. The molecule has 2 bridgehead atoms. The van der Waals surface area contributed by atoms with Crippen LogP contribution >= 0.6 is 0 Å². The van der Waals surface area contributed by atoms with Crippen LogP contribution in [0.2, 0.25) is 0 Å². The molecule has 0 aromatic heterocycles. The van der Waals surface area contributed by atoms with Crippen LogP contribution in [-0.2, 0) is 25.8 Å². The van der Waals surface area contributed by atoms with Crippen molar-refractivity contribution in [3.63, 3.8) is 0 Å². The predicted molar refractivity (Wildman–Crippen MR) is 154 cm³/mol. The lowest BCUT2D eigenvalue weighted by Crippen LogP contribution is -2.41. The molecule has 3 nitrogen and oxygen atoms in total. The zero-order chi connectivity index (χ0) is 26.9. The number of aryl methyl sites for hydroxylation is 1. The Balaban J connectivity index is 1.55. The van der Waals surface area contributed by atoms with Gasteiger partial charge in [-0.25, -0.2) is 8.42 Å². The van der Waals surface area contributed by atoms with E-state index in [1.54, 1.807) is 12.1 Å². The molecule has 5 atom stereocenters. The fourth-order valence-electron chi connectivity index (χ4n) is 8.15. The highest BCUT2D eigenvalue weighted by atomic mass is 32.2. The second kappa shape index (κ2) is 8.64. The summed E-state index contributed by atoms with van der Waals surface area (Å²) in [6, 6.07) is 36.6. The highest BCUT2D eigenvalue weighted by Gasteiger charge is 2.92. The standard InChI is InChI=1S/C35H34O3S/c1-3-4-13-24-33-31(32(33)39(36,37)28-22-20-25(2)21-23-28)34(26-14-7-5-8-15-26)29-18-11-12-19-30(29)35(33,38-34)27-16-9-6-10-17-27/h5-12,14-23,31-32H,3-4,13,24H2,1-2H3/t31-,32-,33-,34+,35-/m0/s1. The van der Waals surface area contributed by atoms with Gasteiger partial charge in [0.2, 0.25) is 0 Å². The number of rotatable bonds is 8. The van der Waals surface area contributed by atoms with E-state index < -0.39 is 31.7 Å². The third kappa shape index (κ3) is 3.05. The van der Waals surface area contributed by atoms with Crippen molar-refractivity contribution < 1.29 is 13.2 Å². The minimum absolute atomic E-state index is 0.189. The molecule has 4 heteroatoms. The molecule has 1 saturated heterocycles. The van der Waals surface area contributed by atoms with Gasteiger partial charge in [-0.15, -0.1) is 0 Å². The van der Waals surface area contributed by atoms with Crippen LogP contribution in [0.25, 0.3) is 0 Å². The van der Waals surface area contributed by atoms with Crippen LogP contribution in [0.1, 0.15) is 60.4 Å². The summed E-state index contributed by atoms with van der Waals surface area (Å²) in [5.41, 5.74) is 3.13. The summed E-state index contributed by atoms with van der Waals surface area (Å²) in [6.45, 7) is 4.20. The monoisotopic (exact) mass is 534 g/mol. The quantitative estimate of drug-likeness (QED) is 0.219. The number of ether oxygens (including phenoxy) is 1. The van der Waals surface area contributed by atoms with E-state index >= 15 is 0 Å². The molecule has 2 aliphatic heterocycles. The molecular formula is C35H34O3S. The smallest absolute Gasteiger partial charge is 0.182 e. The molecule has 0 spiro atoms. The minimum atomic E-state index is -3.65. The van der Waals surface area contributed by atoms with Crippen LogP contribution in [-0.4, -0.2) is 13.7 Å². The molecule has 1 saturated carbocycles.